The van der Waals surface area contributed by atoms with Gasteiger partial charge in [0, 0.05) is 24.7 Å². The lowest BCUT2D eigenvalue weighted by Gasteiger charge is -2.28. The van der Waals surface area contributed by atoms with Gasteiger partial charge in [-0.15, -0.1) is 0 Å². The van der Waals surface area contributed by atoms with Gasteiger partial charge in [0.05, 0.1) is 0 Å². The molecule has 98 valence electrons. The molecule has 1 aliphatic rings. The summed E-state index contributed by atoms with van der Waals surface area (Å²) in [4.78, 5) is 13.4. The Bertz CT molecular complexity index is 466. The lowest BCUT2D eigenvalue weighted by Crippen LogP contribution is -2.38. The van der Waals surface area contributed by atoms with Crippen LogP contribution < -0.4 is 10.2 Å². The number of nitrogens with zero attached hydrogens (tertiary/aromatic N) is 1. The number of nitrogens with one attached hydrogen (secondary N) is 1. The van der Waals surface area contributed by atoms with Crippen LogP contribution in [0, 0.1) is 0 Å². The Labute approximate surface area is 109 Å². The van der Waals surface area contributed by atoms with Crippen LogP contribution in [-0.4, -0.2) is 25.5 Å². The van der Waals surface area contributed by atoms with E-state index in [0.29, 0.717) is 6.42 Å². The van der Waals surface area contributed by atoms with Crippen LogP contribution >= 0.6 is 0 Å². The minimum Gasteiger partial charge on any atom is -0.315 e. The van der Waals surface area contributed by atoms with Gasteiger partial charge < -0.3 is 10.2 Å². The molecular formula is C15H22N2O. The topological polar surface area (TPSA) is 32.3 Å². The molecule has 0 unspecified atom stereocenters. The normalized spacial score (nSPS) is 15.8. The van der Waals surface area contributed by atoms with Gasteiger partial charge in [0.1, 0.15) is 0 Å². The highest BCUT2D eigenvalue weighted by molar-refractivity contribution is 5.95. The Morgan fingerprint density at radius 2 is 2.06 bits per heavy atom. The van der Waals surface area contributed by atoms with Gasteiger partial charge in [-0.3, -0.25) is 4.79 Å². The molecule has 0 spiro atoms. The van der Waals surface area contributed by atoms with E-state index in [4.69, 9.17) is 0 Å². The van der Waals surface area contributed by atoms with E-state index in [1.807, 2.05) is 14.1 Å². The zero-order valence-corrected chi connectivity index (χ0v) is 11.7. The van der Waals surface area contributed by atoms with E-state index >= 15 is 0 Å². The summed E-state index contributed by atoms with van der Waals surface area (Å²) in [5, 5.41) is 3.32. The van der Waals surface area contributed by atoms with Crippen LogP contribution in [0.4, 0.5) is 5.69 Å². The second kappa shape index (κ2) is 4.73. The molecule has 0 aliphatic carbocycles. The molecule has 1 amide bonds. The van der Waals surface area contributed by atoms with Crippen LogP contribution in [-0.2, 0) is 17.6 Å². The van der Waals surface area contributed by atoms with Gasteiger partial charge in [-0.1, -0.05) is 12.1 Å². The van der Waals surface area contributed by atoms with Crippen molar-refractivity contribution in [3.05, 3.63) is 29.3 Å². The van der Waals surface area contributed by atoms with Gasteiger partial charge in [-0.2, -0.15) is 0 Å². The molecule has 0 aromatic heterocycles. The molecule has 18 heavy (non-hydrogen) atoms. The number of benzene rings is 1. The highest BCUT2D eigenvalue weighted by Crippen LogP contribution is 2.28. The van der Waals surface area contributed by atoms with Crippen molar-refractivity contribution in [3.8, 4) is 0 Å². The molecule has 1 N–H and O–H groups in total. The third kappa shape index (κ3) is 2.56. The maximum atomic E-state index is 11.6. The predicted octanol–water partition coefficient (Wildman–Crippen LogP) is 2.14. The molecule has 3 heteroatoms. The van der Waals surface area contributed by atoms with Crippen LogP contribution in [0.5, 0.6) is 0 Å². The Balaban J connectivity index is 2.26. The minimum atomic E-state index is 0.102. The number of carbonyl (C=O) groups is 1. The summed E-state index contributed by atoms with van der Waals surface area (Å²) in [6, 6.07) is 6.46. The number of anilines is 1. The molecule has 0 saturated heterocycles. The summed E-state index contributed by atoms with van der Waals surface area (Å²) in [5.41, 5.74) is 3.79. The number of carbonyl (C=O) groups excluding carboxylic acids is 1. The van der Waals surface area contributed by atoms with Gasteiger partial charge in [0.15, 0.2) is 0 Å². The van der Waals surface area contributed by atoms with Gasteiger partial charge in [0.2, 0.25) is 5.91 Å². The Kier molecular flexibility index (Phi) is 3.44. The quantitative estimate of drug-likeness (QED) is 0.886. The number of fused-ring (bicyclic) bond motifs is 1. The Hall–Kier alpha value is -1.35. The van der Waals surface area contributed by atoms with Crippen molar-refractivity contribution in [1.29, 1.82) is 0 Å². The summed E-state index contributed by atoms with van der Waals surface area (Å²) in [5.74, 6) is 0.214. The number of amides is 1. The minimum absolute atomic E-state index is 0.102. The Morgan fingerprint density at radius 3 is 2.72 bits per heavy atom. The van der Waals surface area contributed by atoms with E-state index in [-0.39, 0.29) is 11.4 Å². The van der Waals surface area contributed by atoms with Gasteiger partial charge in [0.25, 0.3) is 0 Å². The smallest absolute Gasteiger partial charge is 0.227 e. The molecule has 0 atom stereocenters. The number of hydrogen-bond acceptors (Lipinski definition) is 2. The van der Waals surface area contributed by atoms with Gasteiger partial charge in [-0.05, 0) is 50.9 Å². The van der Waals surface area contributed by atoms with E-state index in [1.54, 1.807) is 4.90 Å². The molecule has 1 aromatic carbocycles. The fourth-order valence-corrected chi connectivity index (χ4v) is 2.42. The SMILES string of the molecule is CNC(C)(C)Cc1ccc2c(c1)CCC(=O)N2C. The molecular weight excluding hydrogens is 224 g/mol. The second-order valence-corrected chi connectivity index (χ2v) is 5.73. The highest BCUT2D eigenvalue weighted by atomic mass is 16.2. The summed E-state index contributed by atoms with van der Waals surface area (Å²) < 4.78 is 0. The van der Waals surface area contributed by atoms with E-state index in [2.05, 4.69) is 37.4 Å². The molecule has 0 bridgehead atoms. The predicted molar refractivity (Wildman–Crippen MR) is 75.0 cm³/mol. The lowest BCUT2D eigenvalue weighted by molar-refractivity contribution is -0.118. The monoisotopic (exact) mass is 246 g/mol. The number of rotatable bonds is 3. The zero-order valence-electron chi connectivity index (χ0n) is 11.7. The average molecular weight is 246 g/mol. The third-order valence-electron chi connectivity index (χ3n) is 3.81. The molecule has 1 aliphatic heterocycles. The fourth-order valence-electron chi connectivity index (χ4n) is 2.42. The van der Waals surface area contributed by atoms with Crippen LogP contribution in [0.3, 0.4) is 0 Å². The van der Waals surface area contributed by atoms with Crippen molar-refractivity contribution in [3.63, 3.8) is 0 Å². The summed E-state index contributed by atoms with van der Waals surface area (Å²) >= 11 is 0. The van der Waals surface area contributed by atoms with E-state index in [1.165, 1.54) is 11.1 Å². The van der Waals surface area contributed by atoms with Crippen molar-refractivity contribution in [1.82, 2.24) is 5.32 Å². The first-order valence-corrected chi connectivity index (χ1v) is 6.50. The first kappa shape index (κ1) is 13.1. The molecule has 0 saturated carbocycles. The van der Waals surface area contributed by atoms with Crippen molar-refractivity contribution >= 4 is 11.6 Å². The first-order valence-electron chi connectivity index (χ1n) is 6.50. The van der Waals surface area contributed by atoms with E-state index in [0.717, 1.165) is 18.5 Å². The van der Waals surface area contributed by atoms with Crippen LogP contribution in [0.1, 0.15) is 31.4 Å². The third-order valence-corrected chi connectivity index (χ3v) is 3.81. The van der Waals surface area contributed by atoms with Crippen LogP contribution in [0.15, 0.2) is 18.2 Å². The zero-order chi connectivity index (χ0) is 13.3. The Morgan fingerprint density at radius 1 is 1.33 bits per heavy atom. The fraction of sp³-hybridized carbons (Fsp3) is 0.533. The van der Waals surface area contributed by atoms with Crippen molar-refractivity contribution < 1.29 is 4.79 Å². The summed E-state index contributed by atoms with van der Waals surface area (Å²) in [6.07, 6.45) is 2.49. The van der Waals surface area contributed by atoms with E-state index < -0.39 is 0 Å². The number of hydrogen-bond donors (Lipinski definition) is 1. The average Bonchev–Trinajstić information content (AvgIpc) is 2.34. The van der Waals surface area contributed by atoms with Crippen molar-refractivity contribution in [2.24, 2.45) is 0 Å². The molecule has 0 fully saturated rings. The second-order valence-electron chi connectivity index (χ2n) is 5.73. The lowest BCUT2D eigenvalue weighted by atomic mass is 9.91. The molecule has 3 nitrogen and oxygen atoms in total. The van der Waals surface area contributed by atoms with Crippen molar-refractivity contribution in [2.75, 3.05) is 19.0 Å². The standard InChI is InChI=1S/C15H22N2O/c1-15(2,16-3)10-11-5-7-13-12(9-11)6-8-14(18)17(13)4/h5,7,9,16H,6,8,10H2,1-4H3. The maximum absolute atomic E-state index is 11.6. The van der Waals surface area contributed by atoms with Crippen molar-refractivity contribution in [2.45, 2.75) is 38.6 Å². The molecule has 1 heterocycles. The highest BCUT2D eigenvalue weighted by Gasteiger charge is 2.22. The maximum Gasteiger partial charge on any atom is 0.227 e. The largest absolute Gasteiger partial charge is 0.315 e. The first-order chi connectivity index (χ1) is 8.43. The number of likely N-dealkylation sites (N-methyl/N-ethyl adjacent to an activating group) is 1. The van der Waals surface area contributed by atoms with Gasteiger partial charge in [-0.25, -0.2) is 0 Å². The van der Waals surface area contributed by atoms with Crippen LogP contribution in [0.2, 0.25) is 0 Å². The molecule has 0 radical (unpaired) electrons. The number of aryl methyl sites for hydroxylation is 1. The molecule has 1 aromatic rings. The summed E-state index contributed by atoms with van der Waals surface area (Å²) in [6.45, 7) is 4.39. The molecule has 2 rings (SSSR count). The summed E-state index contributed by atoms with van der Waals surface area (Å²) in [7, 11) is 3.85. The van der Waals surface area contributed by atoms with E-state index in [9.17, 15) is 4.79 Å². The van der Waals surface area contributed by atoms with Crippen LogP contribution in [0.25, 0.3) is 0 Å². The van der Waals surface area contributed by atoms with Gasteiger partial charge >= 0.3 is 0 Å².